The quantitative estimate of drug-likeness (QED) is 0.553. The van der Waals surface area contributed by atoms with Crippen molar-refractivity contribution in [2.24, 2.45) is 5.73 Å². The smallest absolute Gasteiger partial charge is 0.187 e. The molecule has 0 saturated heterocycles. The Hall–Kier alpha value is -0.650. The summed E-state index contributed by atoms with van der Waals surface area (Å²) in [6, 6.07) is 1.87. The van der Waals surface area contributed by atoms with Crippen LogP contribution in [0.5, 0.6) is 0 Å². The lowest BCUT2D eigenvalue weighted by Crippen LogP contribution is -2.24. The minimum absolute atomic E-state index is 0.00844. The Morgan fingerprint density at radius 1 is 1.64 bits per heavy atom. The van der Waals surface area contributed by atoms with Gasteiger partial charge in [0, 0.05) is 30.3 Å². The fourth-order valence-corrected chi connectivity index (χ4v) is 1.80. The molecule has 0 aromatic carbocycles. The molecule has 78 valence electrons. The maximum atomic E-state index is 8.66. The van der Waals surface area contributed by atoms with E-state index in [1.807, 2.05) is 13.0 Å². The van der Waals surface area contributed by atoms with Gasteiger partial charge < -0.3 is 10.8 Å². The van der Waals surface area contributed by atoms with Gasteiger partial charge in [-0.05, 0) is 19.4 Å². The second-order valence-corrected chi connectivity index (χ2v) is 4.05. The van der Waals surface area contributed by atoms with Crippen molar-refractivity contribution >= 4 is 11.8 Å². The zero-order chi connectivity index (χ0) is 10.4. The number of aliphatic hydroxyl groups is 1. The van der Waals surface area contributed by atoms with Crippen LogP contribution in [-0.4, -0.2) is 33.5 Å². The summed E-state index contributed by atoms with van der Waals surface area (Å²) in [5.74, 6) is 0.740. The minimum Gasteiger partial charge on any atom is -0.396 e. The summed E-state index contributed by atoms with van der Waals surface area (Å²) in [5, 5.41) is 9.41. The first kappa shape index (κ1) is 11.4. The first-order chi connectivity index (χ1) is 6.72. The van der Waals surface area contributed by atoms with Crippen LogP contribution in [0.3, 0.4) is 0 Å². The lowest BCUT2D eigenvalue weighted by Gasteiger charge is -2.07. The molecule has 1 rings (SSSR count). The topological polar surface area (TPSA) is 72.0 Å². The summed E-state index contributed by atoms with van der Waals surface area (Å²) < 4.78 is 0. The third kappa shape index (κ3) is 4.04. The number of thioether (sulfide) groups is 1. The molecule has 1 heterocycles. The van der Waals surface area contributed by atoms with Crippen molar-refractivity contribution in [1.29, 1.82) is 0 Å². The van der Waals surface area contributed by atoms with E-state index in [-0.39, 0.29) is 12.6 Å². The number of nitrogens with zero attached hydrogens (tertiary/aromatic N) is 2. The molecule has 0 aliphatic carbocycles. The molecule has 5 heteroatoms. The van der Waals surface area contributed by atoms with Crippen LogP contribution in [0.25, 0.3) is 0 Å². The molecule has 0 spiro atoms. The SMILES string of the molecule is Cc1ccnc(SCC(N)CCO)n1. The van der Waals surface area contributed by atoms with E-state index in [0.717, 1.165) is 16.6 Å². The van der Waals surface area contributed by atoms with Crippen LogP contribution in [0, 0.1) is 6.92 Å². The van der Waals surface area contributed by atoms with Gasteiger partial charge in [-0.25, -0.2) is 9.97 Å². The van der Waals surface area contributed by atoms with Gasteiger partial charge in [-0.3, -0.25) is 0 Å². The van der Waals surface area contributed by atoms with Crippen molar-refractivity contribution < 1.29 is 5.11 Å². The van der Waals surface area contributed by atoms with Gasteiger partial charge in [0.2, 0.25) is 0 Å². The number of aromatic nitrogens is 2. The van der Waals surface area contributed by atoms with Crippen molar-refractivity contribution in [3.63, 3.8) is 0 Å². The van der Waals surface area contributed by atoms with E-state index in [0.29, 0.717) is 6.42 Å². The van der Waals surface area contributed by atoms with Gasteiger partial charge >= 0.3 is 0 Å². The van der Waals surface area contributed by atoms with Crippen LogP contribution in [0.1, 0.15) is 12.1 Å². The molecule has 0 aliphatic heterocycles. The maximum absolute atomic E-state index is 8.66. The average Bonchev–Trinajstić information content (AvgIpc) is 2.15. The Balaban J connectivity index is 2.37. The molecule has 0 amide bonds. The van der Waals surface area contributed by atoms with Crippen LogP contribution < -0.4 is 5.73 Å². The van der Waals surface area contributed by atoms with Crippen LogP contribution in [0.15, 0.2) is 17.4 Å². The van der Waals surface area contributed by atoms with E-state index in [2.05, 4.69) is 9.97 Å². The van der Waals surface area contributed by atoms with Gasteiger partial charge in [-0.1, -0.05) is 11.8 Å². The number of rotatable bonds is 5. The monoisotopic (exact) mass is 213 g/mol. The molecule has 0 aliphatic rings. The van der Waals surface area contributed by atoms with E-state index in [1.165, 1.54) is 11.8 Å². The molecule has 1 aromatic rings. The Labute approximate surface area is 88.0 Å². The zero-order valence-electron chi connectivity index (χ0n) is 8.18. The molecule has 1 unspecified atom stereocenters. The number of hydrogen-bond donors (Lipinski definition) is 2. The fraction of sp³-hybridized carbons (Fsp3) is 0.556. The van der Waals surface area contributed by atoms with Crippen LogP contribution >= 0.6 is 11.8 Å². The van der Waals surface area contributed by atoms with E-state index in [4.69, 9.17) is 10.8 Å². The maximum Gasteiger partial charge on any atom is 0.187 e. The molecule has 0 bridgehead atoms. The molecular weight excluding hydrogens is 198 g/mol. The Morgan fingerprint density at radius 3 is 3.07 bits per heavy atom. The normalized spacial score (nSPS) is 12.8. The predicted molar refractivity (Wildman–Crippen MR) is 57.2 cm³/mol. The van der Waals surface area contributed by atoms with E-state index in [9.17, 15) is 0 Å². The molecule has 3 N–H and O–H groups in total. The first-order valence-corrected chi connectivity index (χ1v) is 5.50. The summed E-state index contributed by atoms with van der Waals surface area (Å²) in [6.07, 6.45) is 2.36. The second-order valence-electron chi connectivity index (χ2n) is 3.06. The van der Waals surface area contributed by atoms with Crippen molar-refractivity contribution in [3.8, 4) is 0 Å². The lowest BCUT2D eigenvalue weighted by molar-refractivity contribution is 0.279. The number of nitrogens with two attached hydrogens (primary N) is 1. The summed E-state index contributed by atoms with van der Waals surface area (Å²) in [4.78, 5) is 8.34. The highest BCUT2D eigenvalue weighted by Gasteiger charge is 2.04. The average molecular weight is 213 g/mol. The van der Waals surface area contributed by atoms with Crippen molar-refractivity contribution in [2.45, 2.75) is 24.5 Å². The van der Waals surface area contributed by atoms with Gasteiger partial charge in [-0.2, -0.15) is 0 Å². The lowest BCUT2D eigenvalue weighted by atomic mass is 10.3. The van der Waals surface area contributed by atoms with Gasteiger partial charge in [0.05, 0.1) is 0 Å². The molecule has 4 nitrogen and oxygen atoms in total. The second kappa shape index (κ2) is 5.95. The highest BCUT2D eigenvalue weighted by Crippen LogP contribution is 2.13. The Kier molecular flexibility index (Phi) is 4.86. The standard InChI is InChI=1S/C9H15N3OS/c1-7-2-4-11-9(12-7)14-6-8(10)3-5-13/h2,4,8,13H,3,5-6,10H2,1H3. The van der Waals surface area contributed by atoms with Gasteiger partial charge in [0.15, 0.2) is 5.16 Å². The van der Waals surface area contributed by atoms with Gasteiger partial charge in [0.25, 0.3) is 0 Å². The van der Waals surface area contributed by atoms with Crippen molar-refractivity contribution in [3.05, 3.63) is 18.0 Å². The fourth-order valence-electron chi connectivity index (χ4n) is 0.926. The molecule has 0 saturated carbocycles. The highest BCUT2D eigenvalue weighted by atomic mass is 32.2. The molecule has 0 radical (unpaired) electrons. The summed E-state index contributed by atoms with van der Waals surface area (Å²) in [5.41, 5.74) is 6.69. The molecular formula is C9H15N3OS. The van der Waals surface area contributed by atoms with E-state index in [1.54, 1.807) is 6.20 Å². The van der Waals surface area contributed by atoms with Crippen LogP contribution in [-0.2, 0) is 0 Å². The highest BCUT2D eigenvalue weighted by molar-refractivity contribution is 7.99. The largest absolute Gasteiger partial charge is 0.396 e. The third-order valence-electron chi connectivity index (χ3n) is 1.70. The molecule has 14 heavy (non-hydrogen) atoms. The molecule has 1 atom stereocenters. The summed E-state index contributed by atoms with van der Waals surface area (Å²) in [7, 11) is 0. The zero-order valence-corrected chi connectivity index (χ0v) is 9.00. The van der Waals surface area contributed by atoms with Gasteiger partial charge in [-0.15, -0.1) is 0 Å². The summed E-state index contributed by atoms with van der Waals surface area (Å²) >= 11 is 1.52. The Bertz CT molecular complexity index is 283. The predicted octanol–water partition coefficient (Wildman–Crippen LogP) is 0.587. The molecule has 0 fully saturated rings. The first-order valence-electron chi connectivity index (χ1n) is 4.51. The Morgan fingerprint density at radius 2 is 2.43 bits per heavy atom. The number of aliphatic hydroxyl groups excluding tert-OH is 1. The van der Waals surface area contributed by atoms with Crippen molar-refractivity contribution in [1.82, 2.24) is 9.97 Å². The molecule has 1 aromatic heterocycles. The number of aryl methyl sites for hydroxylation is 1. The van der Waals surface area contributed by atoms with E-state index >= 15 is 0 Å². The third-order valence-corrected chi connectivity index (χ3v) is 2.75. The summed E-state index contributed by atoms with van der Waals surface area (Å²) in [6.45, 7) is 2.07. The minimum atomic E-state index is 0.00844. The van der Waals surface area contributed by atoms with Gasteiger partial charge in [0.1, 0.15) is 0 Å². The number of hydrogen-bond acceptors (Lipinski definition) is 5. The van der Waals surface area contributed by atoms with Crippen LogP contribution in [0.4, 0.5) is 0 Å². The van der Waals surface area contributed by atoms with Crippen LogP contribution in [0.2, 0.25) is 0 Å². The van der Waals surface area contributed by atoms with E-state index < -0.39 is 0 Å². The van der Waals surface area contributed by atoms with Crippen molar-refractivity contribution in [2.75, 3.05) is 12.4 Å².